The maximum Gasteiger partial charge on any atom is 0.123 e. The van der Waals surface area contributed by atoms with Crippen LogP contribution in [0.15, 0.2) is 23.6 Å². The normalized spacial score (nSPS) is 20.2. The van der Waals surface area contributed by atoms with Crippen molar-refractivity contribution in [2.45, 2.75) is 46.0 Å². The standard InChI is InChI=1S/C14H24FN/c1-3-5-9-14(15)13(4-2)12-16-10-7-6-8-11-16/h4,9H,3,5-8,10-12H2,1-2H3/b13-4-,14-9+. The number of hydrogen-bond acceptors (Lipinski definition) is 1. The minimum atomic E-state index is -0.0186. The average Bonchev–Trinajstić information content (AvgIpc) is 2.34. The van der Waals surface area contributed by atoms with Gasteiger partial charge in [-0.25, -0.2) is 4.39 Å². The summed E-state index contributed by atoms with van der Waals surface area (Å²) in [6.07, 6.45) is 9.33. The highest BCUT2D eigenvalue weighted by Gasteiger charge is 2.13. The number of likely N-dealkylation sites (tertiary alicyclic amines) is 1. The Labute approximate surface area is 99.0 Å². The van der Waals surface area contributed by atoms with Gasteiger partial charge in [-0.15, -0.1) is 0 Å². The highest BCUT2D eigenvalue weighted by molar-refractivity contribution is 5.26. The molecule has 1 saturated heterocycles. The molecule has 0 aromatic carbocycles. The van der Waals surface area contributed by atoms with Crippen LogP contribution in [0.4, 0.5) is 4.39 Å². The van der Waals surface area contributed by atoms with E-state index in [0.717, 1.165) is 38.0 Å². The van der Waals surface area contributed by atoms with Gasteiger partial charge in [-0.05, 0) is 50.9 Å². The molecule has 1 rings (SSSR count). The summed E-state index contributed by atoms with van der Waals surface area (Å²) < 4.78 is 13.8. The fraction of sp³-hybridized carbons (Fsp3) is 0.714. The molecule has 16 heavy (non-hydrogen) atoms. The maximum atomic E-state index is 13.8. The van der Waals surface area contributed by atoms with E-state index in [0.29, 0.717) is 0 Å². The molecule has 0 aromatic heterocycles. The first kappa shape index (κ1) is 13.4. The summed E-state index contributed by atoms with van der Waals surface area (Å²) in [5.41, 5.74) is 0.857. The summed E-state index contributed by atoms with van der Waals surface area (Å²) in [6.45, 7) is 7.03. The van der Waals surface area contributed by atoms with Crippen molar-refractivity contribution in [3.8, 4) is 0 Å². The van der Waals surface area contributed by atoms with Crippen molar-refractivity contribution in [3.05, 3.63) is 23.6 Å². The van der Waals surface area contributed by atoms with Crippen LogP contribution < -0.4 is 0 Å². The summed E-state index contributed by atoms with van der Waals surface area (Å²) in [6, 6.07) is 0. The van der Waals surface area contributed by atoms with Crippen molar-refractivity contribution < 1.29 is 4.39 Å². The molecule has 1 aliphatic heterocycles. The summed E-state index contributed by atoms with van der Waals surface area (Å²) in [7, 11) is 0. The summed E-state index contributed by atoms with van der Waals surface area (Å²) in [5.74, 6) is -0.0186. The predicted octanol–water partition coefficient (Wildman–Crippen LogP) is 4.07. The van der Waals surface area contributed by atoms with Gasteiger partial charge in [-0.3, -0.25) is 4.90 Å². The molecule has 0 atom stereocenters. The first-order chi connectivity index (χ1) is 7.77. The zero-order chi connectivity index (χ0) is 11.8. The Bertz CT molecular complexity index is 249. The van der Waals surface area contributed by atoms with Gasteiger partial charge in [-0.1, -0.05) is 25.8 Å². The van der Waals surface area contributed by atoms with E-state index in [1.807, 2.05) is 13.0 Å². The van der Waals surface area contributed by atoms with Crippen molar-refractivity contribution in [2.24, 2.45) is 0 Å². The molecule has 0 radical (unpaired) electrons. The zero-order valence-electron chi connectivity index (χ0n) is 10.6. The molecular formula is C14H24FN. The lowest BCUT2D eigenvalue weighted by Gasteiger charge is -2.27. The second-order valence-corrected chi connectivity index (χ2v) is 4.49. The summed E-state index contributed by atoms with van der Waals surface area (Å²) >= 11 is 0. The van der Waals surface area contributed by atoms with Crippen LogP contribution in [0.2, 0.25) is 0 Å². The molecule has 1 aliphatic rings. The SMILES string of the molecule is C/C=C(CN1CCCCC1)\C(F)=C/CCC. The monoisotopic (exact) mass is 225 g/mol. The summed E-state index contributed by atoms with van der Waals surface area (Å²) in [5, 5.41) is 0. The molecule has 0 amide bonds. The van der Waals surface area contributed by atoms with Gasteiger partial charge in [0.1, 0.15) is 5.83 Å². The van der Waals surface area contributed by atoms with Gasteiger partial charge in [0.25, 0.3) is 0 Å². The van der Waals surface area contributed by atoms with Gasteiger partial charge in [0, 0.05) is 6.54 Å². The van der Waals surface area contributed by atoms with Gasteiger partial charge in [0.05, 0.1) is 0 Å². The minimum absolute atomic E-state index is 0.0186. The fourth-order valence-electron chi connectivity index (χ4n) is 2.07. The fourth-order valence-corrected chi connectivity index (χ4v) is 2.07. The third-order valence-corrected chi connectivity index (χ3v) is 3.11. The topological polar surface area (TPSA) is 3.24 Å². The Balaban J connectivity index is 2.47. The Hall–Kier alpha value is -0.630. The lowest BCUT2D eigenvalue weighted by Crippen LogP contribution is -2.31. The number of unbranched alkanes of at least 4 members (excludes halogenated alkanes) is 1. The van der Waals surface area contributed by atoms with Crippen LogP contribution in [0.25, 0.3) is 0 Å². The van der Waals surface area contributed by atoms with Crippen molar-refractivity contribution in [3.63, 3.8) is 0 Å². The molecule has 2 heteroatoms. The van der Waals surface area contributed by atoms with Crippen LogP contribution in [0.5, 0.6) is 0 Å². The van der Waals surface area contributed by atoms with Crippen LogP contribution in [0.3, 0.4) is 0 Å². The van der Waals surface area contributed by atoms with Gasteiger partial charge in [0.2, 0.25) is 0 Å². The molecule has 0 aromatic rings. The number of hydrogen-bond donors (Lipinski definition) is 0. The van der Waals surface area contributed by atoms with Crippen LogP contribution >= 0.6 is 0 Å². The number of nitrogens with zero attached hydrogens (tertiary/aromatic N) is 1. The van der Waals surface area contributed by atoms with Gasteiger partial charge in [0.15, 0.2) is 0 Å². The molecule has 0 unspecified atom stereocenters. The van der Waals surface area contributed by atoms with Gasteiger partial charge < -0.3 is 0 Å². The van der Waals surface area contributed by atoms with E-state index in [4.69, 9.17) is 0 Å². The van der Waals surface area contributed by atoms with Crippen LogP contribution in [0.1, 0.15) is 46.0 Å². The third kappa shape index (κ3) is 4.48. The summed E-state index contributed by atoms with van der Waals surface area (Å²) in [4.78, 5) is 2.36. The number of allylic oxidation sites excluding steroid dienone is 2. The van der Waals surface area contributed by atoms with E-state index in [1.165, 1.54) is 19.3 Å². The van der Waals surface area contributed by atoms with E-state index >= 15 is 0 Å². The van der Waals surface area contributed by atoms with Gasteiger partial charge >= 0.3 is 0 Å². The van der Waals surface area contributed by atoms with E-state index < -0.39 is 0 Å². The van der Waals surface area contributed by atoms with Crippen LogP contribution in [-0.2, 0) is 0 Å². The number of rotatable bonds is 5. The van der Waals surface area contributed by atoms with E-state index in [-0.39, 0.29) is 5.83 Å². The van der Waals surface area contributed by atoms with Crippen molar-refractivity contribution in [1.82, 2.24) is 4.90 Å². The minimum Gasteiger partial charge on any atom is -0.299 e. The molecule has 1 fully saturated rings. The van der Waals surface area contributed by atoms with Crippen LogP contribution in [0, 0.1) is 0 Å². The van der Waals surface area contributed by atoms with Crippen molar-refractivity contribution >= 4 is 0 Å². The smallest absolute Gasteiger partial charge is 0.123 e. The number of halogens is 1. The molecule has 92 valence electrons. The quantitative estimate of drug-likeness (QED) is 0.637. The molecular weight excluding hydrogens is 201 g/mol. The molecule has 0 N–H and O–H groups in total. The Kier molecular flexibility index (Phi) is 6.39. The Morgan fingerprint density at radius 3 is 2.50 bits per heavy atom. The lowest BCUT2D eigenvalue weighted by atomic mass is 10.1. The van der Waals surface area contributed by atoms with E-state index in [9.17, 15) is 4.39 Å². The van der Waals surface area contributed by atoms with Crippen LogP contribution in [-0.4, -0.2) is 24.5 Å². The predicted molar refractivity (Wildman–Crippen MR) is 68.1 cm³/mol. The molecule has 0 saturated carbocycles. The lowest BCUT2D eigenvalue weighted by molar-refractivity contribution is 0.245. The Morgan fingerprint density at radius 2 is 1.94 bits per heavy atom. The van der Waals surface area contributed by atoms with Crippen molar-refractivity contribution in [1.29, 1.82) is 0 Å². The number of piperidine rings is 1. The molecule has 1 nitrogen and oxygen atoms in total. The van der Waals surface area contributed by atoms with E-state index in [1.54, 1.807) is 6.08 Å². The Morgan fingerprint density at radius 1 is 1.25 bits per heavy atom. The average molecular weight is 225 g/mol. The highest BCUT2D eigenvalue weighted by Crippen LogP contribution is 2.17. The molecule has 0 spiro atoms. The molecule has 0 bridgehead atoms. The molecule has 1 heterocycles. The highest BCUT2D eigenvalue weighted by atomic mass is 19.1. The van der Waals surface area contributed by atoms with Gasteiger partial charge in [-0.2, -0.15) is 0 Å². The largest absolute Gasteiger partial charge is 0.299 e. The maximum absolute atomic E-state index is 13.8. The first-order valence-corrected chi connectivity index (χ1v) is 6.51. The van der Waals surface area contributed by atoms with E-state index in [2.05, 4.69) is 11.8 Å². The third-order valence-electron chi connectivity index (χ3n) is 3.11. The second-order valence-electron chi connectivity index (χ2n) is 4.49. The molecule has 0 aliphatic carbocycles. The van der Waals surface area contributed by atoms with Crippen molar-refractivity contribution in [2.75, 3.05) is 19.6 Å². The second kappa shape index (κ2) is 7.61. The first-order valence-electron chi connectivity index (χ1n) is 6.51. The zero-order valence-corrected chi connectivity index (χ0v) is 10.6.